The lowest BCUT2D eigenvalue weighted by molar-refractivity contribution is -0.113. The summed E-state index contributed by atoms with van der Waals surface area (Å²) in [6, 6.07) is 19.4. The molecule has 4 aromatic rings. The van der Waals surface area contributed by atoms with Crippen LogP contribution in [0.5, 0.6) is 5.75 Å². The number of benzene rings is 2. The third kappa shape index (κ3) is 5.65. The highest BCUT2D eigenvalue weighted by atomic mass is 32.2. The Kier molecular flexibility index (Phi) is 7.03. The van der Waals surface area contributed by atoms with E-state index in [1.165, 1.54) is 23.1 Å². The number of para-hydroxylation sites is 1. The Morgan fingerprint density at radius 3 is 2.66 bits per heavy atom. The largest absolute Gasteiger partial charge is 0.497 e. The molecule has 0 fully saturated rings. The number of nitrogens with zero attached hydrogens (tertiary/aromatic N) is 4. The zero-order chi connectivity index (χ0) is 22.3. The lowest BCUT2D eigenvalue weighted by Crippen LogP contribution is -2.16. The Morgan fingerprint density at radius 2 is 1.91 bits per heavy atom. The van der Waals surface area contributed by atoms with Crippen LogP contribution in [-0.2, 0) is 11.3 Å². The number of carbonyl (C=O) groups excluding carboxylic acids is 1. The number of aryl methyl sites for hydroxylation is 1. The molecule has 0 saturated heterocycles. The Balaban J connectivity index is 1.29. The number of rotatable bonds is 9. The maximum Gasteiger partial charge on any atom is 0.235 e. The number of amides is 1. The molecule has 2 aromatic carbocycles. The lowest BCUT2D eigenvalue weighted by Gasteiger charge is -2.08. The van der Waals surface area contributed by atoms with Crippen molar-refractivity contribution < 1.29 is 9.53 Å². The highest BCUT2D eigenvalue weighted by Gasteiger charge is 2.13. The van der Waals surface area contributed by atoms with E-state index in [2.05, 4.69) is 25.9 Å². The van der Waals surface area contributed by atoms with Gasteiger partial charge in [-0.2, -0.15) is 5.10 Å². The zero-order valence-electron chi connectivity index (χ0n) is 17.6. The number of hydrogen-bond acceptors (Lipinski definition) is 8. The minimum atomic E-state index is -0.130. The average molecular weight is 467 g/mol. The second-order valence-electron chi connectivity index (χ2n) is 6.83. The van der Waals surface area contributed by atoms with E-state index in [1.54, 1.807) is 11.8 Å². The standard InChI is InChI=1S/C22H22N6O2S2/c1-15-12-19(28(27-15)17-6-4-3-5-7-17)24-20(29)14-31-22-26-25-21(32-22)23-13-16-8-10-18(30-2)11-9-16/h3-12H,13-14H2,1-2H3,(H,23,25)(H,24,29). The molecule has 2 aromatic heterocycles. The number of methoxy groups -OCH3 is 1. The van der Waals surface area contributed by atoms with Gasteiger partial charge in [0, 0.05) is 12.6 Å². The van der Waals surface area contributed by atoms with Gasteiger partial charge in [-0.15, -0.1) is 10.2 Å². The summed E-state index contributed by atoms with van der Waals surface area (Å²) in [7, 11) is 1.65. The smallest absolute Gasteiger partial charge is 0.235 e. The fourth-order valence-electron chi connectivity index (χ4n) is 2.92. The van der Waals surface area contributed by atoms with Gasteiger partial charge in [-0.1, -0.05) is 53.4 Å². The summed E-state index contributed by atoms with van der Waals surface area (Å²) in [5.74, 6) is 1.56. The second kappa shape index (κ2) is 10.3. The molecule has 8 nitrogen and oxygen atoms in total. The first kappa shape index (κ1) is 21.8. The molecule has 0 unspecified atom stereocenters. The van der Waals surface area contributed by atoms with Crippen molar-refractivity contribution in [1.82, 2.24) is 20.0 Å². The van der Waals surface area contributed by atoms with E-state index in [-0.39, 0.29) is 11.7 Å². The summed E-state index contributed by atoms with van der Waals surface area (Å²) in [4.78, 5) is 12.5. The van der Waals surface area contributed by atoms with E-state index >= 15 is 0 Å². The molecular formula is C22H22N6O2S2. The molecule has 164 valence electrons. The van der Waals surface area contributed by atoms with Gasteiger partial charge in [0.15, 0.2) is 4.34 Å². The average Bonchev–Trinajstić information content (AvgIpc) is 3.43. The summed E-state index contributed by atoms with van der Waals surface area (Å²) in [5.41, 5.74) is 2.83. The van der Waals surface area contributed by atoms with E-state index in [0.29, 0.717) is 17.5 Å². The Labute approximate surface area is 194 Å². The molecule has 0 aliphatic heterocycles. The van der Waals surface area contributed by atoms with Crippen LogP contribution < -0.4 is 15.4 Å². The molecule has 0 spiro atoms. The third-order valence-electron chi connectivity index (χ3n) is 4.44. The highest BCUT2D eigenvalue weighted by molar-refractivity contribution is 8.01. The van der Waals surface area contributed by atoms with E-state index in [9.17, 15) is 4.79 Å². The molecule has 1 amide bonds. The fourth-order valence-corrected chi connectivity index (χ4v) is 4.47. The first-order valence-corrected chi connectivity index (χ1v) is 11.7. The van der Waals surface area contributed by atoms with Gasteiger partial charge in [-0.25, -0.2) is 4.68 Å². The van der Waals surface area contributed by atoms with Gasteiger partial charge in [-0.3, -0.25) is 4.79 Å². The maximum absolute atomic E-state index is 12.5. The molecule has 10 heteroatoms. The topological polar surface area (TPSA) is 94.0 Å². The minimum Gasteiger partial charge on any atom is -0.497 e. The number of nitrogens with one attached hydrogen (secondary N) is 2. The van der Waals surface area contributed by atoms with Crippen molar-refractivity contribution >= 4 is 40.0 Å². The highest BCUT2D eigenvalue weighted by Crippen LogP contribution is 2.26. The predicted molar refractivity (Wildman–Crippen MR) is 128 cm³/mol. The summed E-state index contributed by atoms with van der Waals surface area (Å²) < 4.78 is 7.62. The van der Waals surface area contributed by atoms with Crippen molar-refractivity contribution in [2.45, 2.75) is 17.8 Å². The predicted octanol–water partition coefficient (Wildman–Crippen LogP) is 4.38. The molecule has 4 rings (SSSR count). The van der Waals surface area contributed by atoms with Crippen LogP contribution in [0, 0.1) is 6.92 Å². The van der Waals surface area contributed by atoms with Crippen molar-refractivity contribution in [2.75, 3.05) is 23.5 Å². The van der Waals surface area contributed by atoms with E-state index < -0.39 is 0 Å². The van der Waals surface area contributed by atoms with Gasteiger partial charge in [0.1, 0.15) is 11.6 Å². The second-order valence-corrected chi connectivity index (χ2v) is 9.03. The molecular weight excluding hydrogens is 444 g/mol. The molecule has 2 N–H and O–H groups in total. The van der Waals surface area contributed by atoms with Crippen LogP contribution in [-0.4, -0.2) is 38.7 Å². The van der Waals surface area contributed by atoms with Crippen molar-refractivity contribution in [2.24, 2.45) is 0 Å². The van der Waals surface area contributed by atoms with E-state index in [4.69, 9.17) is 4.74 Å². The summed E-state index contributed by atoms with van der Waals surface area (Å²) >= 11 is 2.77. The van der Waals surface area contributed by atoms with Crippen LogP contribution in [0.3, 0.4) is 0 Å². The number of hydrogen-bond donors (Lipinski definition) is 2. The van der Waals surface area contributed by atoms with Gasteiger partial charge in [-0.05, 0) is 36.8 Å². The van der Waals surface area contributed by atoms with Crippen LogP contribution in [0.15, 0.2) is 65.0 Å². The van der Waals surface area contributed by atoms with Crippen LogP contribution in [0.2, 0.25) is 0 Å². The van der Waals surface area contributed by atoms with Crippen LogP contribution >= 0.6 is 23.1 Å². The minimum absolute atomic E-state index is 0.130. The molecule has 0 bridgehead atoms. The molecule has 32 heavy (non-hydrogen) atoms. The molecule has 0 atom stereocenters. The van der Waals surface area contributed by atoms with Crippen molar-refractivity contribution in [3.63, 3.8) is 0 Å². The normalized spacial score (nSPS) is 10.7. The number of ether oxygens (including phenoxy) is 1. The summed E-state index contributed by atoms with van der Waals surface area (Å²) in [6.45, 7) is 2.53. The Morgan fingerprint density at radius 1 is 1.12 bits per heavy atom. The Bertz CT molecular complexity index is 1170. The number of thioether (sulfide) groups is 1. The SMILES string of the molecule is COc1ccc(CNc2nnc(SCC(=O)Nc3cc(C)nn3-c3ccccc3)s2)cc1. The molecule has 0 aliphatic carbocycles. The van der Waals surface area contributed by atoms with Gasteiger partial charge in [0.05, 0.1) is 24.2 Å². The van der Waals surface area contributed by atoms with Crippen molar-refractivity contribution in [3.8, 4) is 11.4 Å². The van der Waals surface area contributed by atoms with Crippen molar-refractivity contribution in [3.05, 3.63) is 71.9 Å². The van der Waals surface area contributed by atoms with Gasteiger partial charge < -0.3 is 15.4 Å². The van der Waals surface area contributed by atoms with Crippen LogP contribution in [0.4, 0.5) is 10.9 Å². The molecule has 0 aliphatic rings. The van der Waals surface area contributed by atoms with Gasteiger partial charge in [0.2, 0.25) is 11.0 Å². The van der Waals surface area contributed by atoms with Gasteiger partial charge in [0.25, 0.3) is 0 Å². The third-order valence-corrected chi connectivity index (χ3v) is 6.45. The molecule has 2 heterocycles. The first-order chi connectivity index (χ1) is 15.6. The number of aromatic nitrogens is 4. The van der Waals surface area contributed by atoms with Gasteiger partial charge >= 0.3 is 0 Å². The van der Waals surface area contributed by atoms with E-state index in [0.717, 1.165) is 27.0 Å². The maximum atomic E-state index is 12.5. The van der Waals surface area contributed by atoms with Crippen LogP contribution in [0.1, 0.15) is 11.3 Å². The van der Waals surface area contributed by atoms with E-state index in [1.807, 2.05) is 67.6 Å². The zero-order valence-corrected chi connectivity index (χ0v) is 19.2. The molecule has 0 saturated carbocycles. The molecule has 0 radical (unpaired) electrons. The van der Waals surface area contributed by atoms with Crippen LogP contribution in [0.25, 0.3) is 5.69 Å². The summed E-state index contributed by atoms with van der Waals surface area (Å²) in [6.07, 6.45) is 0. The quantitative estimate of drug-likeness (QED) is 0.354. The fraction of sp³-hybridized carbons (Fsp3) is 0.182. The lowest BCUT2D eigenvalue weighted by atomic mass is 10.2. The number of carbonyl (C=O) groups is 1. The summed E-state index contributed by atoms with van der Waals surface area (Å²) in [5, 5.41) is 19.7. The Hall–Kier alpha value is -3.37. The van der Waals surface area contributed by atoms with Crippen molar-refractivity contribution in [1.29, 1.82) is 0 Å². The first-order valence-electron chi connectivity index (χ1n) is 9.86. The monoisotopic (exact) mass is 466 g/mol. The number of anilines is 2.